The van der Waals surface area contributed by atoms with Gasteiger partial charge in [-0.3, -0.25) is 0 Å². The number of pyridine rings is 1. The molecule has 1 heterocycles. The summed E-state index contributed by atoms with van der Waals surface area (Å²) in [6.45, 7) is 0. The van der Waals surface area contributed by atoms with Gasteiger partial charge in [0.15, 0.2) is 11.2 Å². The van der Waals surface area contributed by atoms with Gasteiger partial charge in [0, 0.05) is 17.9 Å². The molecule has 1 atom stereocenters. The predicted octanol–water partition coefficient (Wildman–Crippen LogP) is 0.763. The summed E-state index contributed by atoms with van der Waals surface area (Å²) in [5.41, 5.74) is 0.373. The summed E-state index contributed by atoms with van der Waals surface area (Å²) >= 11 is 5.48. The second-order valence-corrected chi connectivity index (χ2v) is 5.87. The van der Waals surface area contributed by atoms with Crippen molar-refractivity contribution >= 4 is 21.3 Å². The van der Waals surface area contributed by atoms with Crippen molar-refractivity contribution in [1.82, 2.24) is 0 Å². The topological polar surface area (TPSA) is 99.5 Å². The highest BCUT2D eigenvalue weighted by Gasteiger charge is 2.12. The van der Waals surface area contributed by atoms with Crippen LogP contribution in [0.3, 0.4) is 0 Å². The fraction of sp³-hybridized carbons (Fsp3) is 0.286. The van der Waals surface area contributed by atoms with Crippen LogP contribution in [0.5, 0.6) is 0 Å². The molecule has 0 amide bonds. The van der Waals surface area contributed by atoms with Crippen LogP contribution >= 0.6 is 11.6 Å². The SMILES string of the molecule is CS(=O)(Cc1ccc(Cl)[n+]([O-])c1)=N[N+](=O)[O-]. The lowest BCUT2D eigenvalue weighted by Crippen LogP contribution is -2.27. The molecule has 0 saturated heterocycles. The third-order valence-corrected chi connectivity index (χ3v) is 3.24. The minimum atomic E-state index is -2.98. The van der Waals surface area contributed by atoms with Crippen molar-refractivity contribution < 1.29 is 14.0 Å². The van der Waals surface area contributed by atoms with Crippen LogP contribution in [0.25, 0.3) is 0 Å². The number of nitrogens with zero attached hydrogens (tertiary/aromatic N) is 3. The summed E-state index contributed by atoms with van der Waals surface area (Å²) in [6.07, 6.45) is 2.26. The standard InChI is InChI=1S/C7H8ClN3O4S/c1-16(15,9-11(13)14)5-6-2-3-7(8)10(12)4-6/h2-4H,5H2,1H3. The van der Waals surface area contributed by atoms with Gasteiger partial charge in [-0.25, -0.2) is 14.3 Å². The summed E-state index contributed by atoms with van der Waals surface area (Å²) in [4.78, 5) is 10.1. The van der Waals surface area contributed by atoms with Crippen molar-refractivity contribution in [2.75, 3.05) is 6.26 Å². The number of hydrogen-bond donors (Lipinski definition) is 0. The van der Waals surface area contributed by atoms with Gasteiger partial charge in [0.1, 0.15) is 14.2 Å². The van der Waals surface area contributed by atoms with E-state index in [0.29, 0.717) is 10.3 Å². The van der Waals surface area contributed by atoms with Gasteiger partial charge in [-0.2, -0.15) is 4.73 Å². The maximum absolute atomic E-state index is 11.6. The normalized spacial score (nSPS) is 14.1. The number of nitro groups is 1. The third kappa shape index (κ3) is 3.63. The molecule has 9 heteroatoms. The molecule has 1 unspecified atom stereocenters. The molecular weight excluding hydrogens is 258 g/mol. The fourth-order valence-corrected chi connectivity index (χ4v) is 2.31. The van der Waals surface area contributed by atoms with Gasteiger partial charge in [0.25, 0.3) is 5.15 Å². The first kappa shape index (κ1) is 12.7. The Kier molecular flexibility index (Phi) is 3.66. The lowest BCUT2D eigenvalue weighted by molar-refractivity contribution is -0.603. The van der Waals surface area contributed by atoms with Gasteiger partial charge in [0.2, 0.25) is 0 Å². The molecule has 1 aromatic heterocycles. The molecule has 7 nitrogen and oxygen atoms in total. The van der Waals surface area contributed by atoms with Gasteiger partial charge in [0.05, 0.1) is 5.75 Å². The Hall–Kier alpha value is -1.41. The summed E-state index contributed by atoms with van der Waals surface area (Å²) in [7, 11) is -2.98. The average Bonchev–Trinajstić information content (AvgIpc) is 2.08. The van der Waals surface area contributed by atoms with E-state index < -0.39 is 14.8 Å². The zero-order valence-electron chi connectivity index (χ0n) is 8.20. The second-order valence-electron chi connectivity index (χ2n) is 3.11. The van der Waals surface area contributed by atoms with Crippen molar-refractivity contribution in [3.63, 3.8) is 0 Å². The van der Waals surface area contributed by atoms with Gasteiger partial charge in [-0.15, -0.1) is 0 Å². The van der Waals surface area contributed by atoms with E-state index >= 15 is 0 Å². The third-order valence-electron chi connectivity index (χ3n) is 1.60. The lowest BCUT2D eigenvalue weighted by Gasteiger charge is -2.02. The quantitative estimate of drug-likeness (QED) is 0.265. The molecule has 16 heavy (non-hydrogen) atoms. The first-order valence-electron chi connectivity index (χ1n) is 4.02. The molecule has 0 aromatic carbocycles. The Labute approximate surface area is 96.5 Å². The van der Waals surface area contributed by atoms with Crippen LogP contribution < -0.4 is 4.73 Å². The molecule has 0 saturated carbocycles. The number of halogens is 1. The van der Waals surface area contributed by atoms with Crippen molar-refractivity contribution in [1.29, 1.82) is 0 Å². The van der Waals surface area contributed by atoms with E-state index in [4.69, 9.17) is 11.6 Å². The Morgan fingerprint density at radius 1 is 1.62 bits per heavy atom. The van der Waals surface area contributed by atoms with Crippen LogP contribution in [-0.2, 0) is 15.5 Å². The average molecular weight is 266 g/mol. The highest BCUT2D eigenvalue weighted by atomic mass is 35.5. The molecule has 88 valence electrons. The second kappa shape index (κ2) is 4.62. The monoisotopic (exact) mass is 265 g/mol. The molecule has 1 rings (SSSR count). The molecule has 0 spiro atoms. The number of rotatable bonds is 3. The smallest absolute Gasteiger partial charge is 0.286 e. The Bertz CT molecular complexity index is 538. The zero-order chi connectivity index (χ0) is 12.3. The minimum Gasteiger partial charge on any atom is -0.618 e. The summed E-state index contributed by atoms with van der Waals surface area (Å²) in [6, 6.07) is 2.79. The van der Waals surface area contributed by atoms with Crippen LogP contribution in [0.15, 0.2) is 22.8 Å². The van der Waals surface area contributed by atoms with Gasteiger partial charge < -0.3 is 5.21 Å². The molecule has 0 aliphatic rings. The highest BCUT2D eigenvalue weighted by Crippen LogP contribution is 2.08. The molecule has 0 aliphatic heterocycles. The highest BCUT2D eigenvalue weighted by molar-refractivity contribution is 7.92. The lowest BCUT2D eigenvalue weighted by atomic mass is 10.3. The number of hydrogen-bond acceptors (Lipinski definition) is 4. The summed E-state index contributed by atoms with van der Waals surface area (Å²) in [5.74, 6) is -0.173. The molecular formula is C7H8ClN3O4S. The zero-order valence-corrected chi connectivity index (χ0v) is 9.77. The first-order chi connectivity index (χ1) is 7.30. The van der Waals surface area contributed by atoms with Crippen LogP contribution in [0, 0.1) is 15.3 Å². The van der Waals surface area contributed by atoms with Crippen LogP contribution in [-0.4, -0.2) is 15.5 Å². The van der Waals surface area contributed by atoms with Crippen molar-refractivity contribution in [2.24, 2.45) is 4.47 Å². The largest absolute Gasteiger partial charge is 0.618 e. The summed E-state index contributed by atoms with van der Waals surface area (Å²) < 4.78 is 14.9. The van der Waals surface area contributed by atoms with Crippen LogP contribution in [0.2, 0.25) is 5.15 Å². The van der Waals surface area contributed by atoms with Crippen LogP contribution in [0.1, 0.15) is 5.56 Å². The molecule has 0 bridgehead atoms. The maximum atomic E-state index is 11.6. The first-order valence-corrected chi connectivity index (χ1v) is 6.49. The van der Waals surface area contributed by atoms with Gasteiger partial charge in [-0.05, 0) is 17.7 Å². The van der Waals surface area contributed by atoms with E-state index in [1.807, 2.05) is 0 Å². The Balaban J connectivity index is 3.02. The molecule has 0 aliphatic carbocycles. The minimum absolute atomic E-state index is 0.0300. The fourth-order valence-electron chi connectivity index (χ4n) is 1.07. The van der Waals surface area contributed by atoms with E-state index in [1.165, 1.54) is 12.1 Å². The van der Waals surface area contributed by atoms with Crippen molar-refractivity contribution in [3.05, 3.63) is 44.4 Å². The van der Waals surface area contributed by atoms with Gasteiger partial charge in [-0.1, -0.05) is 0 Å². The van der Waals surface area contributed by atoms with Gasteiger partial charge >= 0.3 is 0 Å². The molecule has 0 radical (unpaired) electrons. The van der Waals surface area contributed by atoms with Crippen molar-refractivity contribution in [2.45, 2.75) is 5.75 Å². The van der Waals surface area contributed by atoms with E-state index in [0.717, 1.165) is 12.5 Å². The van der Waals surface area contributed by atoms with E-state index in [-0.39, 0.29) is 10.9 Å². The molecule has 0 fully saturated rings. The van der Waals surface area contributed by atoms with Crippen LogP contribution in [0.4, 0.5) is 0 Å². The molecule has 1 aromatic rings. The van der Waals surface area contributed by atoms with Crippen molar-refractivity contribution in [3.8, 4) is 0 Å². The van der Waals surface area contributed by atoms with E-state index in [2.05, 4.69) is 4.47 Å². The summed E-state index contributed by atoms with van der Waals surface area (Å²) in [5, 5.41) is 20.1. The maximum Gasteiger partial charge on any atom is 0.286 e. The molecule has 0 N–H and O–H groups in total. The predicted molar refractivity (Wildman–Crippen MR) is 57.6 cm³/mol. The number of aromatic nitrogens is 1. The van der Waals surface area contributed by atoms with E-state index in [1.54, 1.807) is 0 Å². The Morgan fingerprint density at radius 2 is 2.25 bits per heavy atom. The Morgan fingerprint density at radius 3 is 2.75 bits per heavy atom. The van der Waals surface area contributed by atoms with E-state index in [9.17, 15) is 19.5 Å².